The van der Waals surface area contributed by atoms with Crippen LogP contribution in [0.1, 0.15) is 53.2 Å². The van der Waals surface area contributed by atoms with E-state index < -0.39 is 15.7 Å². The van der Waals surface area contributed by atoms with E-state index in [1.807, 2.05) is 5.01 Å². The molecule has 0 atom stereocenters. The molecule has 2 aliphatic heterocycles. The van der Waals surface area contributed by atoms with Gasteiger partial charge in [-0.3, -0.25) is 10.2 Å². The van der Waals surface area contributed by atoms with Gasteiger partial charge in [-0.2, -0.15) is 5.10 Å². The maximum Gasteiger partial charge on any atom is 0.286 e. The molecule has 0 bridgehead atoms. The number of benzene rings is 1. The monoisotopic (exact) mass is 568 g/mol. The van der Waals surface area contributed by atoms with E-state index in [1.54, 1.807) is 36.4 Å². The van der Waals surface area contributed by atoms with E-state index in [4.69, 9.17) is 39.2 Å². The van der Waals surface area contributed by atoms with Crippen molar-refractivity contribution in [2.24, 2.45) is 0 Å². The summed E-state index contributed by atoms with van der Waals surface area (Å²) >= 11 is 18.5. The molecule has 1 amide bonds. The van der Waals surface area contributed by atoms with Crippen molar-refractivity contribution < 1.29 is 17.6 Å². The first-order valence-electron chi connectivity index (χ1n) is 11.5. The molecule has 2 aliphatic rings. The van der Waals surface area contributed by atoms with Crippen molar-refractivity contribution in [1.29, 1.82) is 0 Å². The number of furan rings is 1. The van der Waals surface area contributed by atoms with E-state index >= 15 is 0 Å². The van der Waals surface area contributed by atoms with Crippen LogP contribution in [-0.4, -0.2) is 48.0 Å². The Morgan fingerprint density at radius 3 is 2.44 bits per heavy atom. The fourth-order valence-electron chi connectivity index (χ4n) is 4.57. The molecule has 0 aliphatic carbocycles. The van der Waals surface area contributed by atoms with Crippen LogP contribution in [-0.2, 0) is 15.6 Å². The number of amides is 1. The Kier molecular flexibility index (Phi) is 7.20. The molecule has 0 unspecified atom stereocenters. The number of nitrogens with zero attached hydrogens (tertiary/aromatic N) is 3. The van der Waals surface area contributed by atoms with Gasteiger partial charge >= 0.3 is 0 Å². The summed E-state index contributed by atoms with van der Waals surface area (Å²) in [6, 6.07) is 8.11. The number of nitrogens with one attached hydrogen (secondary N) is 1. The lowest BCUT2D eigenvalue weighted by molar-refractivity contribution is 0.0787. The number of hydrogen-bond acceptors (Lipinski definition) is 6. The normalized spacial score (nSPS) is 19.1. The Bertz CT molecular complexity index is 1450. The van der Waals surface area contributed by atoms with Crippen molar-refractivity contribution >= 4 is 62.2 Å². The van der Waals surface area contributed by atoms with Crippen LogP contribution in [0.5, 0.6) is 0 Å². The van der Waals surface area contributed by atoms with Crippen LogP contribution >= 0.6 is 34.8 Å². The summed E-state index contributed by atoms with van der Waals surface area (Å²) in [5.74, 6) is -0.673. The number of carbonyl (C=O) groups is 1. The van der Waals surface area contributed by atoms with E-state index in [0.717, 1.165) is 38.8 Å². The highest BCUT2D eigenvalue weighted by molar-refractivity contribution is 7.91. The molecule has 1 saturated heterocycles. The third kappa shape index (κ3) is 5.35. The number of fused-ring (bicyclic) bond motifs is 1. The van der Waals surface area contributed by atoms with Crippen LogP contribution in [0.25, 0.3) is 17.3 Å². The number of aromatic nitrogens is 2. The second-order valence-electron chi connectivity index (χ2n) is 8.87. The molecule has 8 nitrogen and oxygen atoms in total. The number of sulfone groups is 1. The molecular formula is C24H23Cl3N4O4S. The Labute approximate surface area is 223 Å². The maximum atomic E-state index is 13.4. The fourth-order valence-corrected chi connectivity index (χ4v) is 6.72. The molecule has 1 N–H and O–H groups in total. The molecule has 1 fully saturated rings. The minimum Gasteiger partial charge on any atom is -0.445 e. The molecule has 2 aromatic heterocycles. The Morgan fingerprint density at radius 1 is 1.03 bits per heavy atom. The first-order valence-corrected chi connectivity index (χ1v) is 14.5. The van der Waals surface area contributed by atoms with Gasteiger partial charge in [0.15, 0.2) is 20.8 Å². The third-order valence-corrected chi connectivity index (χ3v) is 8.38. The lowest BCUT2D eigenvalue weighted by Crippen LogP contribution is -2.43. The summed E-state index contributed by atoms with van der Waals surface area (Å²) in [6.45, 7) is 1.45. The molecule has 0 spiro atoms. The van der Waals surface area contributed by atoms with Gasteiger partial charge in [-0.15, -0.1) is 0 Å². The summed E-state index contributed by atoms with van der Waals surface area (Å²) in [4.78, 5) is 13.4. The van der Waals surface area contributed by atoms with E-state index in [-0.39, 0.29) is 22.4 Å². The van der Waals surface area contributed by atoms with Crippen molar-refractivity contribution in [2.45, 2.75) is 31.4 Å². The molecule has 12 heteroatoms. The van der Waals surface area contributed by atoms with Gasteiger partial charge in [-0.1, -0.05) is 36.0 Å². The average Bonchev–Trinajstić information content (AvgIpc) is 3.27. The zero-order chi connectivity index (χ0) is 25.4. The van der Waals surface area contributed by atoms with Gasteiger partial charge in [0.05, 0.1) is 27.9 Å². The zero-order valence-electron chi connectivity index (χ0n) is 19.1. The molecule has 36 heavy (non-hydrogen) atoms. The van der Waals surface area contributed by atoms with Gasteiger partial charge in [-0.25, -0.2) is 18.1 Å². The summed E-state index contributed by atoms with van der Waals surface area (Å²) < 4.78 is 32.9. The summed E-state index contributed by atoms with van der Waals surface area (Å²) in [5.41, 5.74) is 4.62. The predicted molar refractivity (Wildman–Crippen MR) is 140 cm³/mol. The lowest BCUT2D eigenvalue weighted by Gasteiger charge is -2.21. The highest BCUT2D eigenvalue weighted by atomic mass is 35.5. The minimum absolute atomic E-state index is 0.0342. The van der Waals surface area contributed by atoms with Crippen LogP contribution in [0.3, 0.4) is 0 Å². The molecule has 0 saturated carbocycles. The van der Waals surface area contributed by atoms with Crippen LogP contribution in [0.15, 0.2) is 34.7 Å². The van der Waals surface area contributed by atoms with Gasteiger partial charge in [0.2, 0.25) is 0 Å². The average molecular weight is 570 g/mol. The highest BCUT2D eigenvalue weighted by Gasteiger charge is 2.36. The second kappa shape index (κ2) is 10.2. The number of halogens is 3. The predicted octanol–water partition coefficient (Wildman–Crippen LogP) is 5.42. The quantitative estimate of drug-likeness (QED) is 0.451. The lowest BCUT2D eigenvalue weighted by atomic mass is 10.1. The van der Waals surface area contributed by atoms with Crippen molar-refractivity contribution in [2.75, 3.05) is 18.8 Å². The maximum absolute atomic E-state index is 13.4. The number of hydrazine groups is 1. The van der Waals surface area contributed by atoms with Crippen LogP contribution in [0, 0.1) is 0 Å². The third-order valence-electron chi connectivity index (χ3n) is 6.16. The van der Waals surface area contributed by atoms with Crippen molar-refractivity contribution in [3.8, 4) is 5.69 Å². The fraction of sp³-hybridized carbons (Fsp3) is 0.333. The number of carbonyl (C=O) groups excluding carboxylic acids is 1. The van der Waals surface area contributed by atoms with Crippen LogP contribution in [0.4, 0.5) is 0 Å². The summed E-state index contributed by atoms with van der Waals surface area (Å²) in [5, 5.41) is 7.38. The standard InChI is InChI=1S/C24H23Cl3N4O4S/c25-16-5-7-20(19(26)12-16)31-23-15(11-17-6-8-21(27)35-17)13-36(33,34)14-18(23)22(28-31)24(32)29-30-9-3-1-2-4-10-30/h5-8,11-12H,1-4,9-10,13-14H2,(H,29,32). The Morgan fingerprint density at radius 2 is 1.78 bits per heavy atom. The molecule has 3 aromatic rings. The van der Waals surface area contributed by atoms with Gasteiger partial charge in [0, 0.05) is 23.7 Å². The summed E-state index contributed by atoms with van der Waals surface area (Å²) in [6.07, 6.45) is 5.75. The highest BCUT2D eigenvalue weighted by Crippen LogP contribution is 2.37. The van der Waals surface area contributed by atoms with Gasteiger partial charge in [0.25, 0.3) is 5.91 Å². The number of rotatable bonds is 4. The zero-order valence-corrected chi connectivity index (χ0v) is 22.2. The van der Waals surface area contributed by atoms with Crippen LogP contribution < -0.4 is 5.43 Å². The SMILES string of the molecule is O=C(NN1CCCCCC1)c1nn(-c2ccc(Cl)cc2Cl)c2c1CS(=O)(=O)CC2=Cc1ccc(Cl)o1. The van der Waals surface area contributed by atoms with Gasteiger partial charge in [0.1, 0.15) is 5.76 Å². The van der Waals surface area contributed by atoms with Gasteiger partial charge < -0.3 is 4.42 Å². The molecule has 1 aromatic carbocycles. The van der Waals surface area contributed by atoms with Crippen molar-refractivity contribution in [3.05, 3.63) is 68.3 Å². The second-order valence-corrected chi connectivity index (χ2v) is 12.1. The summed E-state index contributed by atoms with van der Waals surface area (Å²) in [7, 11) is -3.58. The largest absolute Gasteiger partial charge is 0.445 e. The Balaban J connectivity index is 1.66. The Hall–Kier alpha value is -2.30. The number of hydrogen-bond donors (Lipinski definition) is 1. The molecule has 4 heterocycles. The molecule has 0 radical (unpaired) electrons. The topological polar surface area (TPSA) is 97.4 Å². The minimum atomic E-state index is -3.58. The molecular weight excluding hydrogens is 547 g/mol. The smallest absolute Gasteiger partial charge is 0.286 e. The van der Waals surface area contributed by atoms with Gasteiger partial charge in [-0.05, 0) is 66.4 Å². The van der Waals surface area contributed by atoms with E-state index in [1.165, 1.54) is 4.68 Å². The van der Waals surface area contributed by atoms with E-state index in [0.29, 0.717) is 38.3 Å². The van der Waals surface area contributed by atoms with E-state index in [2.05, 4.69) is 10.5 Å². The van der Waals surface area contributed by atoms with Crippen molar-refractivity contribution in [3.63, 3.8) is 0 Å². The molecule has 190 valence electrons. The molecule has 5 rings (SSSR count). The first kappa shape index (κ1) is 25.4. The van der Waals surface area contributed by atoms with Crippen LogP contribution in [0.2, 0.25) is 15.3 Å². The van der Waals surface area contributed by atoms with E-state index in [9.17, 15) is 13.2 Å². The van der Waals surface area contributed by atoms with Crippen molar-refractivity contribution in [1.82, 2.24) is 20.2 Å². The first-order chi connectivity index (χ1) is 17.2.